The summed E-state index contributed by atoms with van der Waals surface area (Å²) in [5, 5.41) is 9.26. The summed E-state index contributed by atoms with van der Waals surface area (Å²) in [6.45, 7) is 0.384. The predicted molar refractivity (Wildman–Crippen MR) is 106 cm³/mol. The number of fused-ring (bicyclic) bond motifs is 2. The van der Waals surface area contributed by atoms with E-state index in [0.29, 0.717) is 39.2 Å². The zero-order valence-corrected chi connectivity index (χ0v) is 15.8. The summed E-state index contributed by atoms with van der Waals surface area (Å²) < 4.78 is 7.10. The molecular formula is C19H12Cl2N6O. The summed E-state index contributed by atoms with van der Waals surface area (Å²) in [6, 6.07) is 11.0. The Morgan fingerprint density at radius 3 is 2.75 bits per heavy atom. The van der Waals surface area contributed by atoms with E-state index in [4.69, 9.17) is 38.0 Å². The normalized spacial score (nSPS) is 11.5. The van der Waals surface area contributed by atoms with Crippen molar-refractivity contribution in [2.45, 2.75) is 6.54 Å². The summed E-state index contributed by atoms with van der Waals surface area (Å²) in [4.78, 5) is 16.2. The minimum Gasteiger partial charge on any atom is -0.443 e. The number of oxazole rings is 1. The Morgan fingerprint density at radius 2 is 1.93 bits per heavy atom. The van der Waals surface area contributed by atoms with Gasteiger partial charge in [0.05, 0.1) is 12.9 Å². The molecule has 138 valence electrons. The molecule has 28 heavy (non-hydrogen) atoms. The van der Waals surface area contributed by atoms with Crippen molar-refractivity contribution < 1.29 is 4.42 Å². The third-order valence-corrected chi connectivity index (χ3v) is 5.22. The van der Waals surface area contributed by atoms with Gasteiger partial charge in [0.25, 0.3) is 0 Å². The molecule has 2 aromatic carbocycles. The summed E-state index contributed by atoms with van der Waals surface area (Å²) >= 11 is 12.6. The van der Waals surface area contributed by atoms with Crippen molar-refractivity contribution in [1.82, 2.24) is 24.5 Å². The molecule has 0 atom stereocenters. The van der Waals surface area contributed by atoms with E-state index in [2.05, 4.69) is 15.0 Å². The Labute approximate surface area is 168 Å². The average Bonchev–Trinajstić information content (AvgIpc) is 3.33. The van der Waals surface area contributed by atoms with Crippen molar-refractivity contribution in [2.75, 3.05) is 0 Å². The van der Waals surface area contributed by atoms with E-state index in [1.54, 1.807) is 24.5 Å². The van der Waals surface area contributed by atoms with Crippen LogP contribution >= 0.6 is 23.2 Å². The van der Waals surface area contributed by atoms with Crippen LogP contribution in [0.25, 0.3) is 33.7 Å². The maximum atomic E-state index is 8.13. The second-order valence-corrected chi connectivity index (χ2v) is 7.05. The maximum Gasteiger partial charge on any atom is 0.181 e. The van der Waals surface area contributed by atoms with Gasteiger partial charge in [-0.3, -0.25) is 5.41 Å². The molecule has 0 amide bonds. The number of nitrogens with zero attached hydrogens (tertiary/aromatic N) is 4. The van der Waals surface area contributed by atoms with Gasteiger partial charge in [0.1, 0.15) is 16.9 Å². The first-order valence-corrected chi connectivity index (χ1v) is 9.12. The van der Waals surface area contributed by atoms with Gasteiger partial charge in [-0.05, 0) is 30.3 Å². The van der Waals surface area contributed by atoms with Gasteiger partial charge in [0.2, 0.25) is 0 Å². The maximum absolute atomic E-state index is 8.13. The van der Waals surface area contributed by atoms with Gasteiger partial charge in [0, 0.05) is 21.2 Å². The van der Waals surface area contributed by atoms with Crippen LogP contribution in [0.3, 0.4) is 0 Å². The van der Waals surface area contributed by atoms with Gasteiger partial charge >= 0.3 is 0 Å². The lowest BCUT2D eigenvalue weighted by atomic mass is 10.2. The van der Waals surface area contributed by atoms with E-state index in [1.165, 1.54) is 6.39 Å². The number of nitrogens with one attached hydrogen (secondary N) is 2. The molecule has 2 N–H and O–H groups in total. The topological polar surface area (TPSA) is 96.4 Å². The molecule has 0 fully saturated rings. The fraction of sp³-hybridized carbons (Fsp3) is 0.0526. The highest BCUT2D eigenvalue weighted by Crippen LogP contribution is 2.27. The van der Waals surface area contributed by atoms with Crippen molar-refractivity contribution in [1.29, 1.82) is 5.41 Å². The van der Waals surface area contributed by atoms with Crippen LogP contribution in [-0.2, 0) is 6.54 Å². The van der Waals surface area contributed by atoms with Crippen molar-refractivity contribution in [3.63, 3.8) is 0 Å². The second kappa shape index (κ2) is 6.47. The lowest BCUT2D eigenvalue weighted by Gasteiger charge is -2.10. The van der Waals surface area contributed by atoms with E-state index in [-0.39, 0.29) is 5.49 Å². The molecule has 3 aromatic heterocycles. The molecule has 5 aromatic rings. The smallest absolute Gasteiger partial charge is 0.181 e. The highest BCUT2D eigenvalue weighted by molar-refractivity contribution is 6.36. The number of hydrogen-bond donors (Lipinski definition) is 2. The highest BCUT2D eigenvalue weighted by Gasteiger charge is 2.14. The molecule has 0 saturated heterocycles. The van der Waals surface area contributed by atoms with Crippen LogP contribution in [0.5, 0.6) is 0 Å². The number of rotatable bonds is 3. The molecule has 3 heterocycles. The molecule has 0 aliphatic carbocycles. The Morgan fingerprint density at radius 1 is 1.11 bits per heavy atom. The Balaban J connectivity index is 1.65. The summed E-state index contributed by atoms with van der Waals surface area (Å²) in [6.07, 6.45) is 2.97. The van der Waals surface area contributed by atoms with Crippen LogP contribution in [0.15, 0.2) is 53.5 Å². The molecule has 7 nitrogen and oxygen atoms in total. The van der Waals surface area contributed by atoms with E-state index in [1.807, 2.05) is 22.8 Å². The number of aromatic amines is 1. The van der Waals surface area contributed by atoms with Gasteiger partial charge in [-0.1, -0.05) is 29.3 Å². The average molecular weight is 411 g/mol. The van der Waals surface area contributed by atoms with E-state index < -0.39 is 0 Å². The van der Waals surface area contributed by atoms with Gasteiger partial charge in [-0.25, -0.2) is 15.0 Å². The number of halogens is 2. The molecule has 0 spiro atoms. The third-order valence-electron chi connectivity index (χ3n) is 4.51. The predicted octanol–water partition coefficient (Wildman–Crippen LogP) is 4.40. The van der Waals surface area contributed by atoms with Crippen LogP contribution in [0.4, 0.5) is 0 Å². The van der Waals surface area contributed by atoms with E-state index >= 15 is 0 Å². The van der Waals surface area contributed by atoms with Crippen molar-refractivity contribution in [2.24, 2.45) is 0 Å². The fourth-order valence-corrected chi connectivity index (χ4v) is 3.61. The molecule has 0 saturated carbocycles. The van der Waals surface area contributed by atoms with Crippen LogP contribution in [0.2, 0.25) is 10.0 Å². The summed E-state index contributed by atoms with van der Waals surface area (Å²) in [5.74, 6) is 0.611. The first-order chi connectivity index (χ1) is 13.6. The SMILES string of the molecule is N=c1ncn(Cc2c(Cl)cccc2Cl)c2nc(-c3ccc4ocnc4c3)[nH]c12. The molecule has 0 aliphatic rings. The van der Waals surface area contributed by atoms with E-state index in [9.17, 15) is 0 Å². The van der Waals surface area contributed by atoms with Gasteiger partial charge in [-0.2, -0.15) is 0 Å². The van der Waals surface area contributed by atoms with Crippen LogP contribution in [-0.4, -0.2) is 24.5 Å². The van der Waals surface area contributed by atoms with Gasteiger partial charge < -0.3 is 14.0 Å². The molecule has 0 unspecified atom stereocenters. The molecular weight excluding hydrogens is 399 g/mol. The van der Waals surface area contributed by atoms with Crippen LogP contribution < -0.4 is 5.49 Å². The fourth-order valence-electron chi connectivity index (χ4n) is 3.09. The minimum atomic E-state index is 0.109. The summed E-state index contributed by atoms with van der Waals surface area (Å²) in [7, 11) is 0. The minimum absolute atomic E-state index is 0.109. The number of H-pyrrole nitrogens is 1. The first kappa shape index (κ1) is 17.0. The number of benzene rings is 2. The molecule has 9 heteroatoms. The largest absolute Gasteiger partial charge is 0.443 e. The monoisotopic (exact) mass is 410 g/mol. The van der Waals surface area contributed by atoms with Gasteiger partial charge in [0.15, 0.2) is 23.1 Å². The number of hydrogen-bond acceptors (Lipinski definition) is 5. The molecule has 0 bridgehead atoms. The van der Waals surface area contributed by atoms with Crippen molar-refractivity contribution in [3.05, 3.63) is 70.2 Å². The zero-order chi connectivity index (χ0) is 19.3. The number of imidazole rings is 1. The lowest BCUT2D eigenvalue weighted by Crippen LogP contribution is -2.13. The second-order valence-electron chi connectivity index (χ2n) is 6.24. The zero-order valence-electron chi connectivity index (χ0n) is 14.3. The first-order valence-electron chi connectivity index (χ1n) is 8.36. The Kier molecular flexibility index (Phi) is 3.92. The summed E-state index contributed by atoms with van der Waals surface area (Å²) in [5.41, 5.74) is 4.26. The Hall–Kier alpha value is -3.16. The Bertz CT molecular complexity index is 1380. The quantitative estimate of drug-likeness (QED) is 0.460. The molecule has 5 rings (SSSR count). The van der Waals surface area contributed by atoms with Crippen molar-refractivity contribution >= 4 is 45.5 Å². The number of aromatic nitrogens is 5. The third kappa shape index (κ3) is 2.76. The molecule has 0 radical (unpaired) electrons. The highest BCUT2D eigenvalue weighted by atomic mass is 35.5. The molecule has 0 aliphatic heterocycles. The standard InChI is InChI=1S/C19H12Cl2N6O/c20-12-2-1-3-13(21)11(12)7-27-8-23-17(22)16-19(27)26-18(25-16)10-4-5-15-14(6-10)24-9-28-15/h1-6,8-9,22H,7H2,(H,25,26). The van der Waals surface area contributed by atoms with Crippen molar-refractivity contribution in [3.8, 4) is 11.4 Å². The van der Waals surface area contributed by atoms with E-state index in [0.717, 1.165) is 16.6 Å². The lowest BCUT2D eigenvalue weighted by molar-refractivity contribution is 0.602. The van der Waals surface area contributed by atoms with Crippen LogP contribution in [0, 0.1) is 5.41 Å². The van der Waals surface area contributed by atoms with Crippen LogP contribution in [0.1, 0.15) is 5.56 Å². The van der Waals surface area contributed by atoms with Gasteiger partial charge in [-0.15, -0.1) is 0 Å².